The lowest BCUT2D eigenvalue weighted by molar-refractivity contribution is -0.160. The Hall–Kier alpha value is 0.0300. The van der Waals surface area contributed by atoms with Gasteiger partial charge < -0.3 is 9.47 Å². The Morgan fingerprint density at radius 1 is 1.40 bits per heavy atom. The summed E-state index contributed by atoms with van der Waals surface area (Å²) in [6, 6.07) is 0. The number of hydrogen-bond acceptors (Lipinski definition) is 5. The number of ether oxygens (including phenoxy) is 2. The molecule has 1 aliphatic heterocycles. The smallest absolute Gasteiger partial charge is 0.313 e. The molecule has 1 heterocycles. The molecule has 1 saturated carbocycles. The molecular formula is C13H18Cl2O4S. The summed E-state index contributed by atoms with van der Waals surface area (Å²) in [6.45, 7) is 7.68. The van der Waals surface area contributed by atoms with Crippen molar-refractivity contribution in [3.8, 4) is 0 Å². The van der Waals surface area contributed by atoms with E-state index in [1.54, 1.807) is 6.92 Å². The van der Waals surface area contributed by atoms with Crippen molar-refractivity contribution in [3.63, 3.8) is 0 Å². The van der Waals surface area contributed by atoms with Crippen LogP contribution in [-0.4, -0.2) is 39.0 Å². The van der Waals surface area contributed by atoms with Crippen molar-refractivity contribution in [1.29, 1.82) is 0 Å². The van der Waals surface area contributed by atoms with Crippen LogP contribution in [0.5, 0.6) is 0 Å². The Bertz CT molecular complexity index is 433. The van der Waals surface area contributed by atoms with Crippen LogP contribution in [0.15, 0.2) is 0 Å². The molecule has 4 atom stereocenters. The van der Waals surface area contributed by atoms with E-state index in [4.69, 9.17) is 32.7 Å². The SMILES string of the molecule is CCOC(=O)[C@@H]1[C@H]2C(=O)C(Cl)(Cl)[C@H]2S[C@@H]1OC(C)(C)C. The summed E-state index contributed by atoms with van der Waals surface area (Å²) in [5.41, 5.74) is -0.899. The second-order valence-electron chi connectivity index (χ2n) is 5.95. The molecule has 1 saturated heterocycles. The Morgan fingerprint density at radius 3 is 2.50 bits per heavy atom. The average molecular weight is 341 g/mol. The zero-order valence-electron chi connectivity index (χ0n) is 11.8. The third-order valence-electron chi connectivity index (χ3n) is 3.30. The molecule has 0 aromatic carbocycles. The van der Waals surface area contributed by atoms with Gasteiger partial charge in [0, 0.05) is 0 Å². The highest BCUT2D eigenvalue weighted by Crippen LogP contribution is 2.61. The van der Waals surface area contributed by atoms with Gasteiger partial charge in [-0.15, -0.1) is 11.8 Å². The lowest BCUT2D eigenvalue weighted by atomic mass is 9.73. The van der Waals surface area contributed by atoms with Crippen molar-refractivity contribution in [2.75, 3.05) is 6.61 Å². The van der Waals surface area contributed by atoms with Gasteiger partial charge in [0.25, 0.3) is 0 Å². The van der Waals surface area contributed by atoms with Gasteiger partial charge in [-0.1, -0.05) is 23.2 Å². The average Bonchev–Trinajstić information content (AvgIpc) is 2.64. The largest absolute Gasteiger partial charge is 0.466 e. The van der Waals surface area contributed by atoms with Crippen molar-refractivity contribution in [2.45, 2.75) is 48.3 Å². The van der Waals surface area contributed by atoms with Crippen LogP contribution in [0.4, 0.5) is 0 Å². The first-order valence-corrected chi connectivity index (χ1v) is 8.21. The number of carbonyl (C=O) groups excluding carboxylic acids is 2. The van der Waals surface area contributed by atoms with Gasteiger partial charge in [0.15, 0.2) is 10.1 Å². The molecule has 20 heavy (non-hydrogen) atoms. The molecule has 0 radical (unpaired) electrons. The molecule has 114 valence electrons. The van der Waals surface area contributed by atoms with Gasteiger partial charge in [-0.3, -0.25) is 9.59 Å². The minimum Gasteiger partial charge on any atom is -0.466 e. The lowest BCUT2D eigenvalue weighted by Gasteiger charge is -2.41. The molecular weight excluding hydrogens is 323 g/mol. The number of carbonyl (C=O) groups is 2. The van der Waals surface area contributed by atoms with E-state index in [1.807, 2.05) is 20.8 Å². The monoisotopic (exact) mass is 340 g/mol. The van der Waals surface area contributed by atoms with Gasteiger partial charge in [-0.05, 0) is 27.7 Å². The van der Waals surface area contributed by atoms with Crippen LogP contribution in [0.2, 0.25) is 0 Å². The minimum absolute atomic E-state index is 0.265. The van der Waals surface area contributed by atoms with E-state index in [2.05, 4.69) is 0 Å². The predicted molar refractivity (Wildman–Crippen MR) is 79.1 cm³/mol. The number of fused-ring (bicyclic) bond motifs is 1. The second-order valence-corrected chi connectivity index (χ2v) is 8.58. The van der Waals surface area contributed by atoms with Gasteiger partial charge >= 0.3 is 5.97 Å². The molecule has 0 unspecified atom stereocenters. The van der Waals surface area contributed by atoms with Gasteiger partial charge in [-0.25, -0.2) is 0 Å². The number of halogens is 2. The van der Waals surface area contributed by atoms with Crippen molar-refractivity contribution < 1.29 is 19.1 Å². The highest BCUT2D eigenvalue weighted by molar-refractivity contribution is 8.01. The summed E-state index contributed by atoms with van der Waals surface area (Å²) in [4.78, 5) is 24.2. The van der Waals surface area contributed by atoms with E-state index in [0.29, 0.717) is 0 Å². The van der Waals surface area contributed by atoms with E-state index in [1.165, 1.54) is 11.8 Å². The fourth-order valence-corrected chi connectivity index (χ4v) is 5.16. The summed E-state index contributed by atoms with van der Waals surface area (Å²) in [7, 11) is 0. The summed E-state index contributed by atoms with van der Waals surface area (Å²) in [6.07, 6.45) is 0. The molecule has 0 aromatic rings. The highest BCUT2D eigenvalue weighted by Gasteiger charge is 2.71. The quantitative estimate of drug-likeness (QED) is 0.584. The molecule has 4 nitrogen and oxygen atoms in total. The normalized spacial score (nSPS) is 35.4. The number of Topliss-reactive ketones (excluding diaryl/α,β-unsaturated/α-hetero) is 1. The number of ketones is 1. The Kier molecular flexibility index (Phi) is 4.38. The van der Waals surface area contributed by atoms with Crippen LogP contribution in [0.3, 0.4) is 0 Å². The summed E-state index contributed by atoms with van der Waals surface area (Å²) >= 11 is 13.4. The van der Waals surface area contributed by atoms with Gasteiger partial charge in [-0.2, -0.15) is 0 Å². The standard InChI is InChI=1S/C13H18Cl2O4S/c1-5-18-10(17)7-6-8(16)13(14,15)9(6)20-11(7)19-12(2,3)4/h6-7,9,11H,5H2,1-4H3/t6-,7-,9-,11-/m0/s1. The van der Waals surface area contributed by atoms with E-state index in [9.17, 15) is 9.59 Å². The van der Waals surface area contributed by atoms with E-state index < -0.39 is 33.2 Å². The molecule has 2 rings (SSSR count). The van der Waals surface area contributed by atoms with Gasteiger partial charge in [0.05, 0.1) is 23.4 Å². The van der Waals surface area contributed by atoms with Crippen LogP contribution in [-0.2, 0) is 19.1 Å². The number of rotatable bonds is 3. The Labute approximate surface area is 132 Å². The number of alkyl halides is 2. The lowest BCUT2D eigenvalue weighted by Crippen LogP contribution is -2.59. The summed E-state index contributed by atoms with van der Waals surface area (Å²) < 4.78 is 9.54. The molecule has 0 amide bonds. The summed E-state index contributed by atoms with van der Waals surface area (Å²) in [5.74, 6) is -1.88. The maximum absolute atomic E-state index is 12.1. The van der Waals surface area contributed by atoms with Crippen LogP contribution >= 0.6 is 35.0 Å². The third kappa shape index (κ3) is 2.70. The molecule has 0 bridgehead atoms. The molecule has 1 aliphatic carbocycles. The Morgan fingerprint density at radius 2 is 2.00 bits per heavy atom. The minimum atomic E-state index is -1.42. The molecule has 7 heteroatoms. The molecule has 0 N–H and O–H groups in total. The Balaban J connectivity index is 2.23. The van der Waals surface area contributed by atoms with Gasteiger partial charge in [0.1, 0.15) is 11.4 Å². The maximum Gasteiger partial charge on any atom is 0.313 e. The second kappa shape index (κ2) is 5.34. The predicted octanol–water partition coefficient (Wildman–Crippen LogP) is 2.80. The number of thioether (sulfide) groups is 1. The zero-order chi connectivity index (χ0) is 15.3. The van der Waals surface area contributed by atoms with Crippen LogP contribution < -0.4 is 0 Å². The van der Waals surface area contributed by atoms with E-state index >= 15 is 0 Å². The molecule has 0 aromatic heterocycles. The highest BCUT2D eigenvalue weighted by atomic mass is 35.5. The first kappa shape index (κ1) is 16.4. The van der Waals surface area contributed by atoms with Crippen LogP contribution in [0.1, 0.15) is 27.7 Å². The molecule has 2 fully saturated rings. The van der Waals surface area contributed by atoms with Crippen molar-refractivity contribution in [3.05, 3.63) is 0 Å². The fraction of sp³-hybridized carbons (Fsp3) is 0.846. The van der Waals surface area contributed by atoms with E-state index in [0.717, 1.165) is 0 Å². The van der Waals surface area contributed by atoms with E-state index in [-0.39, 0.29) is 17.6 Å². The van der Waals surface area contributed by atoms with Crippen molar-refractivity contribution in [1.82, 2.24) is 0 Å². The van der Waals surface area contributed by atoms with Crippen LogP contribution in [0.25, 0.3) is 0 Å². The first-order valence-electron chi connectivity index (χ1n) is 6.51. The topological polar surface area (TPSA) is 52.6 Å². The van der Waals surface area contributed by atoms with Crippen molar-refractivity contribution >= 4 is 46.7 Å². The first-order chi connectivity index (χ1) is 9.09. The summed E-state index contributed by atoms with van der Waals surface area (Å²) in [5, 5.41) is -0.319. The molecule has 0 spiro atoms. The fourth-order valence-electron chi connectivity index (χ4n) is 2.49. The third-order valence-corrected chi connectivity index (χ3v) is 6.00. The van der Waals surface area contributed by atoms with Crippen molar-refractivity contribution in [2.24, 2.45) is 11.8 Å². The van der Waals surface area contributed by atoms with Crippen LogP contribution in [0, 0.1) is 11.8 Å². The number of hydrogen-bond donors (Lipinski definition) is 0. The zero-order valence-corrected chi connectivity index (χ0v) is 14.1. The maximum atomic E-state index is 12.1. The molecule has 2 aliphatic rings. The number of esters is 1. The van der Waals surface area contributed by atoms with Gasteiger partial charge in [0.2, 0.25) is 0 Å².